The molecule has 2 aliphatic rings. The SMILES string of the molecule is C=CCN1CCN(S(=O)(=O)c2ccc3c(c2)CCC3)CC1. The molecule has 1 aromatic rings. The predicted molar refractivity (Wildman–Crippen MR) is 83.9 cm³/mol. The summed E-state index contributed by atoms with van der Waals surface area (Å²) in [5.41, 5.74) is 2.52. The Balaban J connectivity index is 1.77. The monoisotopic (exact) mass is 306 g/mol. The van der Waals surface area contributed by atoms with Gasteiger partial charge in [0.1, 0.15) is 0 Å². The summed E-state index contributed by atoms with van der Waals surface area (Å²) in [6, 6.07) is 5.65. The topological polar surface area (TPSA) is 40.6 Å². The maximum atomic E-state index is 12.7. The molecule has 3 rings (SSSR count). The van der Waals surface area contributed by atoms with Gasteiger partial charge in [0, 0.05) is 32.7 Å². The lowest BCUT2D eigenvalue weighted by Crippen LogP contribution is -2.48. The number of aryl methyl sites for hydroxylation is 2. The van der Waals surface area contributed by atoms with Gasteiger partial charge >= 0.3 is 0 Å². The number of rotatable bonds is 4. The van der Waals surface area contributed by atoms with Gasteiger partial charge < -0.3 is 0 Å². The van der Waals surface area contributed by atoms with Crippen LogP contribution in [0, 0.1) is 0 Å². The first kappa shape index (κ1) is 14.8. The van der Waals surface area contributed by atoms with Gasteiger partial charge in [-0.3, -0.25) is 4.90 Å². The second-order valence-corrected chi connectivity index (χ2v) is 7.72. The molecule has 1 saturated heterocycles. The van der Waals surface area contributed by atoms with Crippen LogP contribution in [0.5, 0.6) is 0 Å². The van der Waals surface area contributed by atoms with E-state index in [1.165, 1.54) is 11.1 Å². The van der Waals surface area contributed by atoms with E-state index >= 15 is 0 Å². The summed E-state index contributed by atoms with van der Waals surface area (Å²) in [6.45, 7) is 7.23. The molecule has 1 fully saturated rings. The molecule has 0 spiro atoms. The van der Waals surface area contributed by atoms with Gasteiger partial charge in [-0.15, -0.1) is 6.58 Å². The number of sulfonamides is 1. The molecule has 1 aliphatic heterocycles. The lowest BCUT2D eigenvalue weighted by atomic mass is 10.1. The van der Waals surface area contributed by atoms with Gasteiger partial charge in [0.05, 0.1) is 4.90 Å². The summed E-state index contributed by atoms with van der Waals surface area (Å²) in [5.74, 6) is 0. The van der Waals surface area contributed by atoms with Crippen LogP contribution in [0.15, 0.2) is 35.7 Å². The van der Waals surface area contributed by atoms with E-state index in [4.69, 9.17) is 0 Å². The Morgan fingerprint density at radius 3 is 2.52 bits per heavy atom. The molecular weight excluding hydrogens is 284 g/mol. The number of hydrogen-bond acceptors (Lipinski definition) is 3. The summed E-state index contributed by atoms with van der Waals surface area (Å²) in [5, 5.41) is 0. The number of piperazine rings is 1. The van der Waals surface area contributed by atoms with Crippen molar-refractivity contribution in [2.24, 2.45) is 0 Å². The zero-order valence-electron chi connectivity index (χ0n) is 12.3. The first-order chi connectivity index (χ1) is 10.1. The van der Waals surface area contributed by atoms with E-state index in [2.05, 4.69) is 11.5 Å². The van der Waals surface area contributed by atoms with Crippen molar-refractivity contribution in [3.63, 3.8) is 0 Å². The number of benzene rings is 1. The van der Waals surface area contributed by atoms with Gasteiger partial charge in [-0.2, -0.15) is 4.31 Å². The van der Waals surface area contributed by atoms with Crippen LogP contribution in [-0.4, -0.2) is 50.3 Å². The molecule has 0 amide bonds. The second kappa shape index (κ2) is 5.91. The molecule has 1 aromatic carbocycles. The van der Waals surface area contributed by atoms with Crippen molar-refractivity contribution in [1.29, 1.82) is 0 Å². The third-order valence-corrected chi connectivity index (χ3v) is 6.32. The molecule has 0 aromatic heterocycles. The number of fused-ring (bicyclic) bond motifs is 1. The van der Waals surface area contributed by atoms with Crippen molar-refractivity contribution in [3.05, 3.63) is 42.0 Å². The summed E-state index contributed by atoms with van der Waals surface area (Å²) in [7, 11) is -3.34. The smallest absolute Gasteiger partial charge is 0.243 e. The van der Waals surface area contributed by atoms with E-state index in [1.807, 2.05) is 18.2 Å². The normalized spacial score (nSPS) is 20.4. The third-order valence-electron chi connectivity index (χ3n) is 4.43. The molecule has 0 radical (unpaired) electrons. The van der Waals surface area contributed by atoms with Gasteiger partial charge in [0.15, 0.2) is 0 Å². The van der Waals surface area contributed by atoms with Crippen LogP contribution in [-0.2, 0) is 22.9 Å². The van der Waals surface area contributed by atoms with Gasteiger partial charge in [0.2, 0.25) is 10.0 Å². The van der Waals surface area contributed by atoms with Crippen molar-refractivity contribution >= 4 is 10.0 Å². The van der Waals surface area contributed by atoms with Crippen molar-refractivity contribution in [2.75, 3.05) is 32.7 Å². The third kappa shape index (κ3) is 2.91. The van der Waals surface area contributed by atoms with Crippen LogP contribution in [0.3, 0.4) is 0 Å². The van der Waals surface area contributed by atoms with Crippen LogP contribution in [0.2, 0.25) is 0 Å². The summed E-state index contributed by atoms with van der Waals surface area (Å²) in [4.78, 5) is 2.68. The van der Waals surface area contributed by atoms with Crippen molar-refractivity contribution in [2.45, 2.75) is 24.2 Å². The van der Waals surface area contributed by atoms with Gasteiger partial charge in [0.25, 0.3) is 0 Å². The fraction of sp³-hybridized carbons (Fsp3) is 0.500. The highest BCUT2D eigenvalue weighted by Crippen LogP contribution is 2.26. The molecule has 21 heavy (non-hydrogen) atoms. The Morgan fingerprint density at radius 1 is 1.10 bits per heavy atom. The van der Waals surface area contributed by atoms with Crippen molar-refractivity contribution < 1.29 is 8.42 Å². The fourth-order valence-corrected chi connectivity index (χ4v) is 4.67. The first-order valence-electron chi connectivity index (χ1n) is 7.56. The molecule has 0 unspecified atom stereocenters. The maximum absolute atomic E-state index is 12.7. The van der Waals surface area contributed by atoms with Gasteiger partial charge in [-0.25, -0.2) is 8.42 Å². The maximum Gasteiger partial charge on any atom is 0.243 e. The lowest BCUT2D eigenvalue weighted by molar-refractivity contribution is 0.204. The molecule has 5 heteroatoms. The first-order valence-corrected chi connectivity index (χ1v) is 9.00. The van der Waals surface area contributed by atoms with E-state index in [9.17, 15) is 8.42 Å². The Labute approximate surface area is 127 Å². The van der Waals surface area contributed by atoms with E-state index in [-0.39, 0.29) is 0 Å². The number of hydrogen-bond donors (Lipinski definition) is 0. The highest BCUT2D eigenvalue weighted by Gasteiger charge is 2.28. The molecule has 1 heterocycles. The van der Waals surface area contributed by atoms with Crippen LogP contribution in [0.4, 0.5) is 0 Å². The van der Waals surface area contributed by atoms with Crippen LogP contribution < -0.4 is 0 Å². The highest BCUT2D eigenvalue weighted by atomic mass is 32.2. The summed E-state index contributed by atoms with van der Waals surface area (Å²) < 4.78 is 27.1. The van der Waals surface area contributed by atoms with Crippen LogP contribution in [0.25, 0.3) is 0 Å². The number of nitrogens with zero attached hydrogens (tertiary/aromatic N) is 2. The van der Waals surface area contributed by atoms with E-state index < -0.39 is 10.0 Å². The predicted octanol–water partition coefficient (Wildman–Crippen LogP) is 1.67. The largest absolute Gasteiger partial charge is 0.297 e. The summed E-state index contributed by atoms with van der Waals surface area (Å²) >= 11 is 0. The molecule has 4 nitrogen and oxygen atoms in total. The quantitative estimate of drug-likeness (QED) is 0.795. The lowest BCUT2D eigenvalue weighted by Gasteiger charge is -2.33. The average molecular weight is 306 g/mol. The Bertz CT molecular complexity index is 632. The average Bonchev–Trinajstić information content (AvgIpc) is 2.95. The fourth-order valence-electron chi connectivity index (χ4n) is 3.19. The molecule has 0 atom stereocenters. The van der Waals surface area contributed by atoms with Crippen molar-refractivity contribution in [3.8, 4) is 0 Å². The van der Waals surface area contributed by atoms with E-state index in [0.717, 1.165) is 38.9 Å². The van der Waals surface area contributed by atoms with Crippen LogP contribution >= 0.6 is 0 Å². The van der Waals surface area contributed by atoms with E-state index in [0.29, 0.717) is 18.0 Å². The Kier molecular flexibility index (Phi) is 4.15. The van der Waals surface area contributed by atoms with Gasteiger partial charge in [-0.1, -0.05) is 12.1 Å². The highest BCUT2D eigenvalue weighted by molar-refractivity contribution is 7.89. The Morgan fingerprint density at radius 2 is 1.81 bits per heavy atom. The Hall–Kier alpha value is -1.17. The summed E-state index contributed by atoms with van der Waals surface area (Å²) in [6.07, 6.45) is 5.09. The minimum Gasteiger partial charge on any atom is -0.297 e. The molecule has 0 bridgehead atoms. The molecule has 0 N–H and O–H groups in total. The van der Waals surface area contributed by atoms with Gasteiger partial charge in [-0.05, 0) is 42.5 Å². The molecule has 1 aliphatic carbocycles. The zero-order chi connectivity index (χ0) is 14.9. The minimum atomic E-state index is -3.34. The van der Waals surface area contributed by atoms with Crippen molar-refractivity contribution in [1.82, 2.24) is 9.21 Å². The molecular formula is C16H22N2O2S. The minimum absolute atomic E-state index is 0.459. The second-order valence-electron chi connectivity index (χ2n) is 5.78. The standard InChI is InChI=1S/C16H22N2O2S/c1-2-8-17-9-11-18(12-10-17)21(19,20)16-7-6-14-4-3-5-15(14)13-16/h2,6-7,13H,1,3-5,8-12H2. The van der Waals surface area contributed by atoms with E-state index in [1.54, 1.807) is 10.4 Å². The van der Waals surface area contributed by atoms with Crippen LogP contribution in [0.1, 0.15) is 17.5 Å². The zero-order valence-corrected chi connectivity index (χ0v) is 13.1. The molecule has 0 saturated carbocycles. The molecule has 114 valence electrons.